The molecule has 0 saturated carbocycles. The Labute approximate surface area is 141 Å². The van der Waals surface area contributed by atoms with Crippen LogP contribution < -0.4 is 9.62 Å². The zero-order chi connectivity index (χ0) is 17.2. The van der Waals surface area contributed by atoms with Crippen LogP contribution in [0.25, 0.3) is 0 Å². The molecular weight excluding hydrogens is 331 g/mol. The van der Waals surface area contributed by atoms with E-state index in [4.69, 9.17) is 4.74 Å². The van der Waals surface area contributed by atoms with E-state index in [1.54, 1.807) is 31.2 Å². The standard InChI is InChI=1S/C17H19FN2O3S/c1-13-3-2-4-15(11-13)24(21,22)19-17-12-14(5-6-16(17)18)20-7-9-23-10-8-20/h2-6,11-12,19H,7-10H2,1H3. The number of anilines is 2. The van der Waals surface area contributed by atoms with Gasteiger partial charge < -0.3 is 9.64 Å². The van der Waals surface area contributed by atoms with E-state index < -0.39 is 15.8 Å². The van der Waals surface area contributed by atoms with Crippen LogP contribution in [0.2, 0.25) is 0 Å². The fraction of sp³-hybridized carbons (Fsp3) is 0.294. The average Bonchev–Trinajstić information content (AvgIpc) is 2.57. The van der Waals surface area contributed by atoms with Crippen molar-refractivity contribution in [2.75, 3.05) is 35.9 Å². The smallest absolute Gasteiger partial charge is 0.261 e. The minimum atomic E-state index is -3.84. The molecule has 7 heteroatoms. The number of hydrogen-bond donors (Lipinski definition) is 1. The number of halogens is 1. The molecule has 0 radical (unpaired) electrons. The van der Waals surface area contributed by atoms with E-state index in [0.717, 1.165) is 11.3 Å². The van der Waals surface area contributed by atoms with Crippen LogP contribution in [-0.2, 0) is 14.8 Å². The van der Waals surface area contributed by atoms with E-state index in [9.17, 15) is 12.8 Å². The summed E-state index contributed by atoms with van der Waals surface area (Å²) in [6.07, 6.45) is 0. The van der Waals surface area contributed by atoms with Crippen molar-refractivity contribution in [3.05, 3.63) is 53.8 Å². The number of hydrogen-bond acceptors (Lipinski definition) is 4. The van der Waals surface area contributed by atoms with Gasteiger partial charge in [-0.3, -0.25) is 4.72 Å². The predicted octanol–water partition coefficient (Wildman–Crippen LogP) is 2.77. The van der Waals surface area contributed by atoms with Crippen molar-refractivity contribution >= 4 is 21.4 Å². The van der Waals surface area contributed by atoms with Crippen molar-refractivity contribution in [1.29, 1.82) is 0 Å². The van der Waals surface area contributed by atoms with Crippen LogP contribution in [0.4, 0.5) is 15.8 Å². The monoisotopic (exact) mass is 350 g/mol. The SMILES string of the molecule is Cc1cccc(S(=O)(=O)Nc2cc(N3CCOCC3)ccc2F)c1. The summed E-state index contributed by atoms with van der Waals surface area (Å²) < 4.78 is 46.7. The minimum Gasteiger partial charge on any atom is -0.378 e. The topological polar surface area (TPSA) is 58.6 Å². The summed E-state index contributed by atoms with van der Waals surface area (Å²) >= 11 is 0. The molecule has 2 aromatic carbocycles. The Bertz CT molecular complexity index is 833. The third kappa shape index (κ3) is 3.68. The fourth-order valence-electron chi connectivity index (χ4n) is 2.60. The molecule has 1 heterocycles. The summed E-state index contributed by atoms with van der Waals surface area (Å²) in [6, 6.07) is 10.9. The first-order valence-electron chi connectivity index (χ1n) is 7.67. The van der Waals surface area contributed by atoms with E-state index in [1.807, 2.05) is 4.90 Å². The van der Waals surface area contributed by atoms with Gasteiger partial charge in [-0.25, -0.2) is 12.8 Å². The normalized spacial score (nSPS) is 15.3. The van der Waals surface area contributed by atoms with Crippen LogP contribution in [-0.4, -0.2) is 34.7 Å². The van der Waals surface area contributed by atoms with Gasteiger partial charge in [0, 0.05) is 18.8 Å². The number of nitrogens with zero attached hydrogens (tertiary/aromatic N) is 1. The maximum Gasteiger partial charge on any atom is 0.261 e. The predicted molar refractivity (Wildman–Crippen MR) is 91.4 cm³/mol. The van der Waals surface area contributed by atoms with Crippen LogP contribution in [0, 0.1) is 12.7 Å². The summed E-state index contributed by atoms with van der Waals surface area (Å²) in [5.74, 6) is -0.608. The zero-order valence-electron chi connectivity index (χ0n) is 13.3. The van der Waals surface area contributed by atoms with Crippen molar-refractivity contribution in [3.63, 3.8) is 0 Å². The average molecular weight is 350 g/mol. The fourth-order valence-corrected chi connectivity index (χ4v) is 3.76. The number of sulfonamides is 1. The Morgan fingerprint density at radius 1 is 1.12 bits per heavy atom. The van der Waals surface area contributed by atoms with Crippen LogP contribution in [0.5, 0.6) is 0 Å². The van der Waals surface area contributed by atoms with Crippen LogP contribution in [0.15, 0.2) is 47.4 Å². The van der Waals surface area contributed by atoms with Gasteiger partial charge in [0.1, 0.15) is 5.82 Å². The number of rotatable bonds is 4. The molecule has 0 amide bonds. The molecule has 0 unspecified atom stereocenters. The first-order chi connectivity index (χ1) is 11.5. The Morgan fingerprint density at radius 2 is 1.88 bits per heavy atom. The first kappa shape index (κ1) is 16.7. The molecule has 1 fully saturated rings. The molecule has 3 rings (SSSR count). The maximum atomic E-state index is 14.1. The molecule has 1 aliphatic rings. The van der Waals surface area contributed by atoms with E-state index in [1.165, 1.54) is 18.2 Å². The van der Waals surface area contributed by atoms with Gasteiger partial charge in [0.05, 0.1) is 23.8 Å². The lowest BCUT2D eigenvalue weighted by molar-refractivity contribution is 0.122. The van der Waals surface area contributed by atoms with E-state index in [0.29, 0.717) is 26.3 Å². The molecule has 24 heavy (non-hydrogen) atoms. The molecule has 2 aromatic rings. The van der Waals surface area contributed by atoms with Gasteiger partial charge >= 0.3 is 0 Å². The lowest BCUT2D eigenvalue weighted by Gasteiger charge is -2.29. The number of benzene rings is 2. The highest BCUT2D eigenvalue weighted by Crippen LogP contribution is 2.26. The van der Waals surface area contributed by atoms with Crippen molar-refractivity contribution in [3.8, 4) is 0 Å². The number of aryl methyl sites for hydroxylation is 1. The minimum absolute atomic E-state index is 0.0551. The van der Waals surface area contributed by atoms with Crippen molar-refractivity contribution < 1.29 is 17.5 Å². The highest BCUT2D eigenvalue weighted by atomic mass is 32.2. The Morgan fingerprint density at radius 3 is 2.58 bits per heavy atom. The molecule has 128 valence electrons. The second kappa shape index (κ2) is 6.78. The second-order valence-electron chi connectivity index (χ2n) is 5.69. The van der Waals surface area contributed by atoms with E-state index in [2.05, 4.69) is 4.72 Å². The Balaban J connectivity index is 1.88. The summed E-state index contributed by atoms with van der Waals surface area (Å²) in [7, 11) is -3.84. The molecule has 1 saturated heterocycles. The number of ether oxygens (including phenoxy) is 1. The van der Waals surface area contributed by atoms with Gasteiger partial charge in [0.25, 0.3) is 10.0 Å². The summed E-state index contributed by atoms with van der Waals surface area (Å²) in [5.41, 5.74) is 1.53. The first-order valence-corrected chi connectivity index (χ1v) is 9.16. The third-order valence-electron chi connectivity index (χ3n) is 3.87. The molecule has 0 aromatic heterocycles. The molecule has 0 atom stereocenters. The summed E-state index contributed by atoms with van der Waals surface area (Å²) in [6.45, 7) is 4.38. The summed E-state index contributed by atoms with van der Waals surface area (Å²) in [4.78, 5) is 2.15. The lowest BCUT2D eigenvalue weighted by Crippen LogP contribution is -2.36. The summed E-state index contributed by atoms with van der Waals surface area (Å²) in [5, 5.41) is 0. The third-order valence-corrected chi connectivity index (χ3v) is 5.23. The van der Waals surface area contributed by atoms with Crippen molar-refractivity contribution in [2.45, 2.75) is 11.8 Å². The van der Waals surface area contributed by atoms with Crippen LogP contribution in [0.3, 0.4) is 0 Å². The van der Waals surface area contributed by atoms with Crippen LogP contribution in [0.1, 0.15) is 5.56 Å². The van der Waals surface area contributed by atoms with Gasteiger partial charge in [0.15, 0.2) is 0 Å². The van der Waals surface area contributed by atoms with Crippen LogP contribution >= 0.6 is 0 Å². The maximum absolute atomic E-state index is 14.1. The highest BCUT2D eigenvalue weighted by Gasteiger charge is 2.18. The molecule has 0 spiro atoms. The molecular formula is C17H19FN2O3S. The van der Waals surface area contributed by atoms with Gasteiger partial charge in [0.2, 0.25) is 0 Å². The lowest BCUT2D eigenvalue weighted by atomic mass is 10.2. The van der Waals surface area contributed by atoms with Crippen molar-refractivity contribution in [2.24, 2.45) is 0 Å². The van der Waals surface area contributed by atoms with E-state index in [-0.39, 0.29) is 10.6 Å². The van der Waals surface area contributed by atoms with Gasteiger partial charge in [-0.2, -0.15) is 0 Å². The zero-order valence-corrected chi connectivity index (χ0v) is 14.1. The second-order valence-corrected chi connectivity index (χ2v) is 7.37. The van der Waals surface area contributed by atoms with E-state index >= 15 is 0 Å². The molecule has 5 nitrogen and oxygen atoms in total. The molecule has 0 bridgehead atoms. The highest BCUT2D eigenvalue weighted by molar-refractivity contribution is 7.92. The largest absolute Gasteiger partial charge is 0.378 e. The molecule has 1 aliphatic heterocycles. The van der Waals surface area contributed by atoms with Gasteiger partial charge in [-0.05, 0) is 42.8 Å². The number of morpholine rings is 1. The quantitative estimate of drug-likeness (QED) is 0.921. The van der Waals surface area contributed by atoms with Gasteiger partial charge in [-0.1, -0.05) is 12.1 Å². The Hall–Kier alpha value is -2.12. The Kier molecular flexibility index (Phi) is 4.73. The number of nitrogens with one attached hydrogen (secondary N) is 1. The van der Waals surface area contributed by atoms with Crippen molar-refractivity contribution in [1.82, 2.24) is 0 Å². The van der Waals surface area contributed by atoms with Gasteiger partial charge in [-0.15, -0.1) is 0 Å². The molecule has 0 aliphatic carbocycles. The molecule has 1 N–H and O–H groups in total.